The zero-order valence-electron chi connectivity index (χ0n) is 10.2. The number of piperidine rings is 1. The van der Waals surface area contributed by atoms with Crippen LogP contribution in [0.4, 0.5) is 0 Å². The van der Waals surface area contributed by atoms with Gasteiger partial charge in [0.2, 0.25) is 0 Å². The van der Waals surface area contributed by atoms with Crippen molar-refractivity contribution in [3.63, 3.8) is 0 Å². The molecule has 1 aliphatic rings. The molecule has 0 bridgehead atoms. The fraction of sp³-hybridized carbons (Fsp3) is 0.800. The van der Waals surface area contributed by atoms with Crippen molar-refractivity contribution < 1.29 is 18.3 Å². The number of nitrogens with zero attached hydrogens (tertiary/aromatic N) is 2. The van der Waals surface area contributed by atoms with Gasteiger partial charge in [0.15, 0.2) is 0 Å². The maximum Gasteiger partial charge on any atom is 0.307 e. The molecule has 1 fully saturated rings. The molecule has 0 aromatic heterocycles. The Morgan fingerprint density at radius 1 is 1.67 bits per heavy atom. The predicted octanol–water partition coefficient (Wildman–Crippen LogP) is -0.223. The van der Waals surface area contributed by atoms with Gasteiger partial charge in [-0.15, -0.1) is 0 Å². The van der Waals surface area contributed by atoms with Crippen molar-refractivity contribution in [1.29, 1.82) is 5.26 Å². The van der Waals surface area contributed by atoms with Gasteiger partial charge >= 0.3 is 5.97 Å². The second-order valence-electron chi connectivity index (χ2n) is 4.42. The Balaban J connectivity index is 2.62. The Kier molecular flexibility index (Phi) is 5.07. The maximum absolute atomic E-state index is 11.9. The monoisotopic (exact) mass is 275 g/mol. The Labute approximate surface area is 107 Å². The summed E-state index contributed by atoms with van der Waals surface area (Å²) in [5.74, 6) is -2.04. The SMILES string of the molecule is CC(C#N)CNS(=O)(=O)N1CCCC(C(=O)O)C1. The molecule has 2 unspecified atom stereocenters. The summed E-state index contributed by atoms with van der Waals surface area (Å²) in [6.45, 7) is 1.96. The average molecular weight is 275 g/mol. The van der Waals surface area contributed by atoms with Crippen LogP contribution < -0.4 is 4.72 Å². The summed E-state index contributed by atoms with van der Waals surface area (Å²) in [6.07, 6.45) is 1.03. The summed E-state index contributed by atoms with van der Waals surface area (Å²) < 4.78 is 27.2. The van der Waals surface area contributed by atoms with E-state index in [-0.39, 0.29) is 13.1 Å². The molecule has 18 heavy (non-hydrogen) atoms. The van der Waals surface area contributed by atoms with Gasteiger partial charge in [-0.1, -0.05) is 0 Å². The van der Waals surface area contributed by atoms with E-state index in [9.17, 15) is 13.2 Å². The lowest BCUT2D eigenvalue weighted by molar-refractivity contribution is -0.142. The van der Waals surface area contributed by atoms with E-state index in [2.05, 4.69) is 4.72 Å². The highest BCUT2D eigenvalue weighted by Gasteiger charge is 2.32. The van der Waals surface area contributed by atoms with Crippen LogP contribution in [0.1, 0.15) is 19.8 Å². The van der Waals surface area contributed by atoms with Crippen molar-refractivity contribution >= 4 is 16.2 Å². The van der Waals surface area contributed by atoms with E-state index in [1.165, 1.54) is 0 Å². The van der Waals surface area contributed by atoms with Crippen LogP contribution in [-0.4, -0.2) is 43.4 Å². The number of aliphatic carboxylic acids is 1. The lowest BCUT2D eigenvalue weighted by atomic mass is 10.0. The van der Waals surface area contributed by atoms with Crippen molar-refractivity contribution in [2.75, 3.05) is 19.6 Å². The van der Waals surface area contributed by atoms with E-state index in [4.69, 9.17) is 10.4 Å². The largest absolute Gasteiger partial charge is 0.481 e. The Hall–Kier alpha value is -1.17. The van der Waals surface area contributed by atoms with Crippen LogP contribution in [-0.2, 0) is 15.0 Å². The molecule has 8 heteroatoms. The number of carboxylic acids is 1. The van der Waals surface area contributed by atoms with Gasteiger partial charge in [0.1, 0.15) is 0 Å². The van der Waals surface area contributed by atoms with Crippen LogP contribution in [0.15, 0.2) is 0 Å². The first-order valence-corrected chi connectivity index (χ1v) is 7.18. The number of hydrogen-bond donors (Lipinski definition) is 2. The molecule has 2 N–H and O–H groups in total. The van der Waals surface area contributed by atoms with E-state index < -0.39 is 28.0 Å². The minimum atomic E-state index is -3.69. The molecule has 0 saturated carbocycles. The summed E-state index contributed by atoms with van der Waals surface area (Å²) in [6, 6.07) is 1.93. The molecule has 7 nitrogen and oxygen atoms in total. The van der Waals surface area contributed by atoms with E-state index >= 15 is 0 Å². The third-order valence-electron chi connectivity index (χ3n) is 2.87. The first-order chi connectivity index (χ1) is 8.36. The number of nitriles is 1. The fourth-order valence-electron chi connectivity index (χ4n) is 1.73. The molecular formula is C10H17N3O4S. The van der Waals surface area contributed by atoms with Gasteiger partial charge in [0.25, 0.3) is 10.2 Å². The van der Waals surface area contributed by atoms with Gasteiger partial charge in [0, 0.05) is 19.6 Å². The highest BCUT2D eigenvalue weighted by molar-refractivity contribution is 7.87. The molecule has 1 aliphatic heterocycles. The van der Waals surface area contributed by atoms with Crippen molar-refractivity contribution in [1.82, 2.24) is 9.03 Å². The number of rotatable bonds is 5. The van der Waals surface area contributed by atoms with E-state index in [0.29, 0.717) is 19.4 Å². The summed E-state index contributed by atoms with van der Waals surface area (Å²) in [5, 5.41) is 17.5. The molecule has 0 amide bonds. The molecule has 102 valence electrons. The quantitative estimate of drug-likeness (QED) is 0.720. The zero-order chi connectivity index (χ0) is 13.8. The van der Waals surface area contributed by atoms with E-state index in [1.54, 1.807) is 6.92 Å². The molecule has 1 rings (SSSR count). The lowest BCUT2D eigenvalue weighted by Gasteiger charge is -2.29. The standard InChI is InChI=1S/C10H17N3O4S/c1-8(5-11)6-12-18(16,17)13-4-2-3-9(7-13)10(14)15/h8-9,12H,2-4,6-7H2,1H3,(H,14,15). The molecule has 0 aliphatic carbocycles. The highest BCUT2D eigenvalue weighted by atomic mass is 32.2. The number of carboxylic acid groups (broad SMARTS) is 1. The molecule has 0 radical (unpaired) electrons. The highest BCUT2D eigenvalue weighted by Crippen LogP contribution is 2.18. The maximum atomic E-state index is 11.9. The van der Waals surface area contributed by atoms with Crippen molar-refractivity contribution in [2.45, 2.75) is 19.8 Å². The van der Waals surface area contributed by atoms with Crippen LogP contribution in [0.2, 0.25) is 0 Å². The molecule has 0 spiro atoms. The van der Waals surface area contributed by atoms with Crippen LogP contribution in [0.3, 0.4) is 0 Å². The summed E-state index contributed by atoms with van der Waals surface area (Å²) >= 11 is 0. The van der Waals surface area contributed by atoms with Gasteiger partial charge in [-0.25, -0.2) is 4.72 Å². The average Bonchev–Trinajstić information content (AvgIpc) is 2.36. The van der Waals surface area contributed by atoms with Crippen molar-refractivity contribution in [3.8, 4) is 6.07 Å². The molecule has 2 atom stereocenters. The minimum absolute atomic E-state index is 0.00833. The van der Waals surface area contributed by atoms with E-state index in [1.807, 2.05) is 6.07 Å². The molecule has 1 heterocycles. The third-order valence-corrected chi connectivity index (χ3v) is 4.41. The van der Waals surface area contributed by atoms with Gasteiger partial charge in [-0.05, 0) is 19.8 Å². The number of nitrogens with one attached hydrogen (secondary N) is 1. The molecular weight excluding hydrogens is 258 g/mol. The molecule has 0 aromatic carbocycles. The second-order valence-corrected chi connectivity index (χ2v) is 6.17. The normalized spacial score (nSPS) is 23.2. The van der Waals surface area contributed by atoms with E-state index in [0.717, 1.165) is 4.31 Å². The Morgan fingerprint density at radius 3 is 2.89 bits per heavy atom. The predicted molar refractivity (Wildman–Crippen MR) is 63.6 cm³/mol. The molecule has 0 aromatic rings. The topological polar surface area (TPSA) is 111 Å². The minimum Gasteiger partial charge on any atom is -0.481 e. The number of carbonyl (C=O) groups is 1. The van der Waals surface area contributed by atoms with Crippen LogP contribution in [0.25, 0.3) is 0 Å². The van der Waals surface area contributed by atoms with Gasteiger partial charge in [0.05, 0.1) is 17.9 Å². The van der Waals surface area contributed by atoms with Gasteiger partial charge in [-0.2, -0.15) is 18.0 Å². The Morgan fingerprint density at radius 2 is 2.33 bits per heavy atom. The second kappa shape index (κ2) is 6.13. The van der Waals surface area contributed by atoms with Crippen LogP contribution >= 0.6 is 0 Å². The summed E-state index contributed by atoms with van der Waals surface area (Å²) in [7, 11) is -3.69. The third kappa shape index (κ3) is 3.94. The van der Waals surface area contributed by atoms with Gasteiger partial charge in [-0.3, -0.25) is 4.79 Å². The number of hydrogen-bond acceptors (Lipinski definition) is 4. The Bertz CT molecular complexity index is 443. The van der Waals surface area contributed by atoms with Gasteiger partial charge < -0.3 is 5.11 Å². The molecule has 1 saturated heterocycles. The zero-order valence-corrected chi connectivity index (χ0v) is 11.0. The van der Waals surface area contributed by atoms with Crippen LogP contribution in [0, 0.1) is 23.2 Å². The summed E-state index contributed by atoms with van der Waals surface area (Å²) in [5.41, 5.74) is 0. The van der Waals surface area contributed by atoms with Crippen molar-refractivity contribution in [3.05, 3.63) is 0 Å². The van der Waals surface area contributed by atoms with Crippen LogP contribution in [0.5, 0.6) is 0 Å². The lowest BCUT2D eigenvalue weighted by Crippen LogP contribution is -2.48. The fourth-order valence-corrected chi connectivity index (χ4v) is 3.12. The summed E-state index contributed by atoms with van der Waals surface area (Å²) in [4.78, 5) is 10.9. The first-order valence-electron chi connectivity index (χ1n) is 5.74. The first kappa shape index (κ1) is 14.9. The smallest absolute Gasteiger partial charge is 0.307 e. The van der Waals surface area contributed by atoms with Crippen molar-refractivity contribution in [2.24, 2.45) is 11.8 Å².